The highest BCUT2D eigenvalue weighted by atomic mass is 35.5. The summed E-state index contributed by atoms with van der Waals surface area (Å²) in [5, 5.41) is 11.7. The summed E-state index contributed by atoms with van der Waals surface area (Å²) in [5.41, 5.74) is 2.69. The van der Waals surface area contributed by atoms with Crippen LogP contribution in [0.3, 0.4) is 0 Å². The molecule has 1 aromatic heterocycles. The van der Waals surface area contributed by atoms with Crippen molar-refractivity contribution in [1.29, 1.82) is 0 Å². The van der Waals surface area contributed by atoms with Crippen LogP contribution in [0.15, 0.2) is 52.9 Å². The smallest absolute Gasteiger partial charge is 0.247 e. The molecule has 31 heavy (non-hydrogen) atoms. The molecule has 0 spiro atoms. The molecule has 4 rings (SSSR count). The van der Waals surface area contributed by atoms with Crippen molar-refractivity contribution in [3.05, 3.63) is 59.4 Å². The fourth-order valence-electron chi connectivity index (χ4n) is 3.34. The molecular weight excluding hydrogens is 418 g/mol. The van der Waals surface area contributed by atoms with E-state index in [4.69, 9.17) is 20.8 Å². The first-order valence-corrected chi connectivity index (χ1v) is 10.4. The summed E-state index contributed by atoms with van der Waals surface area (Å²) in [7, 11) is 1.83. The average molecular weight is 442 g/mol. The zero-order valence-electron chi connectivity index (χ0n) is 17.3. The van der Waals surface area contributed by atoms with Crippen molar-refractivity contribution in [1.82, 2.24) is 15.1 Å². The van der Waals surface area contributed by atoms with Gasteiger partial charge in [0.25, 0.3) is 0 Å². The van der Waals surface area contributed by atoms with Crippen LogP contribution in [-0.4, -0.2) is 60.9 Å². The Morgan fingerprint density at radius 3 is 2.52 bits per heavy atom. The molecule has 8 nitrogen and oxygen atoms in total. The van der Waals surface area contributed by atoms with Crippen LogP contribution in [0, 0.1) is 0 Å². The van der Waals surface area contributed by atoms with E-state index in [0.717, 1.165) is 43.2 Å². The van der Waals surface area contributed by atoms with E-state index in [1.807, 2.05) is 48.3 Å². The van der Waals surface area contributed by atoms with Crippen LogP contribution in [0.5, 0.6) is 0 Å². The number of halogens is 1. The van der Waals surface area contributed by atoms with Gasteiger partial charge in [-0.3, -0.25) is 9.69 Å². The zero-order chi connectivity index (χ0) is 21.6. The second-order valence-electron chi connectivity index (χ2n) is 7.37. The first kappa shape index (κ1) is 21.3. The number of likely N-dealkylation sites (N-methyl/N-ethyl adjacent to an activating group) is 1. The lowest BCUT2D eigenvalue weighted by atomic mass is 10.2. The lowest BCUT2D eigenvalue weighted by Gasteiger charge is -2.28. The fraction of sp³-hybridized carbons (Fsp3) is 0.318. The van der Waals surface area contributed by atoms with Gasteiger partial charge >= 0.3 is 0 Å². The third-order valence-corrected chi connectivity index (χ3v) is 5.16. The van der Waals surface area contributed by atoms with Crippen LogP contribution >= 0.6 is 11.6 Å². The molecule has 1 fully saturated rings. The number of carbonyl (C=O) groups excluding carboxylic acids is 1. The predicted molar refractivity (Wildman–Crippen MR) is 119 cm³/mol. The van der Waals surface area contributed by atoms with Crippen molar-refractivity contribution in [3.8, 4) is 11.5 Å². The number of ether oxygens (including phenoxy) is 1. The number of carbonyl (C=O) groups is 1. The summed E-state index contributed by atoms with van der Waals surface area (Å²) in [6, 6.07) is 15.0. The Kier molecular flexibility index (Phi) is 6.81. The zero-order valence-corrected chi connectivity index (χ0v) is 18.0. The number of rotatable bonds is 7. The minimum atomic E-state index is -0.112. The van der Waals surface area contributed by atoms with E-state index in [1.54, 1.807) is 12.1 Å². The molecule has 2 aromatic carbocycles. The molecule has 1 amide bonds. The molecular formula is C22H24ClN5O3. The highest BCUT2D eigenvalue weighted by Gasteiger charge is 2.14. The monoisotopic (exact) mass is 441 g/mol. The van der Waals surface area contributed by atoms with Gasteiger partial charge in [0.05, 0.1) is 26.3 Å². The van der Waals surface area contributed by atoms with Crippen molar-refractivity contribution in [3.63, 3.8) is 0 Å². The second kappa shape index (κ2) is 9.91. The SMILES string of the molecule is CN(CC(=O)Nc1ccc(N2CCOCC2)cc1)Cc1nnc(-c2ccc(Cl)cc2)o1. The number of hydrogen-bond donors (Lipinski definition) is 1. The van der Waals surface area contributed by atoms with Gasteiger partial charge in [-0.1, -0.05) is 11.6 Å². The number of nitrogens with zero attached hydrogens (tertiary/aromatic N) is 4. The first-order chi connectivity index (χ1) is 15.1. The van der Waals surface area contributed by atoms with E-state index in [-0.39, 0.29) is 12.5 Å². The Balaban J connectivity index is 1.27. The number of nitrogens with one attached hydrogen (secondary N) is 1. The summed E-state index contributed by atoms with van der Waals surface area (Å²) >= 11 is 5.91. The second-order valence-corrected chi connectivity index (χ2v) is 7.81. The van der Waals surface area contributed by atoms with Gasteiger partial charge in [-0.05, 0) is 55.6 Å². The highest BCUT2D eigenvalue weighted by Crippen LogP contribution is 2.21. The van der Waals surface area contributed by atoms with E-state index in [9.17, 15) is 4.79 Å². The molecule has 3 aromatic rings. The molecule has 0 saturated carbocycles. The van der Waals surface area contributed by atoms with Crippen LogP contribution in [0.1, 0.15) is 5.89 Å². The third-order valence-electron chi connectivity index (χ3n) is 4.90. The Morgan fingerprint density at radius 1 is 1.10 bits per heavy atom. The number of amides is 1. The van der Waals surface area contributed by atoms with E-state index < -0.39 is 0 Å². The van der Waals surface area contributed by atoms with Gasteiger partial charge in [0.2, 0.25) is 17.7 Å². The van der Waals surface area contributed by atoms with E-state index in [1.165, 1.54) is 0 Å². The molecule has 1 aliphatic rings. The van der Waals surface area contributed by atoms with Gasteiger partial charge in [0.15, 0.2) is 0 Å². The van der Waals surface area contributed by atoms with Crippen LogP contribution in [0.4, 0.5) is 11.4 Å². The van der Waals surface area contributed by atoms with Gasteiger partial charge in [0.1, 0.15) is 0 Å². The minimum absolute atomic E-state index is 0.112. The van der Waals surface area contributed by atoms with Gasteiger partial charge in [0, 0.05) is 35.1 Å². The molecule has 0 atom stereocenters. The molecule has 1 aliphatic heterocycles. The lowest BCUT2D eigenvalue weighted by molar-refractivity contribution is -0.117. The predicted octanol–water partition coefficient (Wildman–Crippen LogP) is 3.30. The number of anilines is 2. The average Bonchev–Trinajstić information content (AvgIpc) is 3.23. The van der Waals surface area contributed by atoms with Gasteiger partial charge in [-0.15, -0.1) is 10.2 Å². The highest BCUT2D eigenvalue weighted by molar-refractivity contribution is 6.30. The van der Waals surface area contributed by atoms with Gasteiger partial charge in [-0.2, -0.15) is 0 Å². The Bertz CT molecular complexity index is 1000. The minimum Gasteiger partial charge on any atom is -0.419 e. The summed E-state index contributed by atoms with van der Waals surface area (Å²) in [4.78, 5) is 16.5. The van der Waals surface area contributed by atoms with Gasteiger partial charge in [-0.25, -0.2) is 0 Å². The van der Waals surface area contributed by atoms with E-state index in [2.05, 4.69) is 20.4 Å². The van der Waals surface area contributed by atoms with Crippen LogP contribution < -0.4 is 10.2 Å². The largest absolute Gasteiger partial charge is 0.419 e. The molecule has 162 valence electrons. The Morgan fingerprint density at radius 2 is 1.81 bits per heavy atom. The van der Waals surface area contributed by atoms with E-state index in [0.29, 0.717) is 23.3 Å². The maximum atomic E-state index is 12.4. The molecule has 0 radical (unpaired) electrons. The molecule has 9 heteroatoms. The number of aromatic nitrogens is 2. The third kappa shape index (κ3) is 5.81. The Labute approximate surface area is 185 Å². The molecule has 0 bridgehead atoms. The molecule has 1 N–H and O–H groups in total. The molecule has 1 saturated heterocycles. The first-order valence-electron chi connectivity index (χ1n) is 10.1. The summed E-state index contributed by atoms with van der Waals surface area (Å²) in [6.45, 7) is 3.81. The van der Waals surface area contributed by atoms with Crippen molar-refractivity contribution in [2.24, 2.45) is 0 Å². The van der Waals surface area contributed by atoms with Crippen LogP contribution in [-0.2, 0) is 16.1 Å². The van der Waals surface area contributed by atoms with E-state index >= 15 is 0 Å². The fourth-order valence-corrected chi connectivity index (χ4v) is 3.46. The maximum absolute atomic E-state index is 12.4. The maximum Gasteiger partial charge on any atom is 0.247 e. The Hall–Kier alpha value is -2.94. The normalized spacial score (nSPS) is 14.1. The lowest BCUT2D eigenvalue weighted by Crippen LogP contribution is -2.36. The molecule has 0 aliphatic carbocycles. The van der Waals surface area contributed by atoms with Crippen molar-refractivity contribution in [2.75, 3.05) is 50.1 Å². The summed E-state index contributed by atoms with van der Waals surface area (Å²) < 4.78 is 11.1. The van der Waals surface area contributed by atoms with Gasteiger partial charge < -0.3 is 19.4 Å². The number of benzene rings is 2. The molecule has 0 unspecified atom stereocenters. The standard InChI is InChI=1S/C22H24ClN5O3/c1-27(15-21-25-26-22(31-21)16-2-4-17(23)5-3-16)14-20(29)24-18-6-8-19(9-7-18)28-10-12-30-13-11-28/h2-9H,10-15H2,1H3,(H,24,29). The number of morpholine rings is 1. The van der Waals surface area contributed by atoms with Crippen molar-refractivity contribution in [2.45, 2.75) is 6.54 Å². The van der Waals surface area contributed by atoms with Crippen molar-refractivity contribution < 1.29 is 13.9 Å². The van der Waals surface area contributed by atoms with Crippen molar-refractivity contribution >= 4 is 28.9 Å². The number of hydrogen-bond acceptors (Lipinski definition) is 7. The molecule has 2 heterocycles. The topological polar surface area (TPSA) is 83.7 Å². The summed E-state index contributed by atoms with van der Waals surface area (Å²) in [6.07, 6.45) is 0. The van der Waals surface area contributed by atoms with Crippen LogP contribution in [0.25, 0.3) is 11.5 Å². The quantitative estimate of drug-likeness (QED) is 0.602. The van der Waals surface area contributed by atoms with Crippen LogP contribution in [0.2, 0.25) is 5.02 Å². The summed E-state index contributed by atoms with van der Waals surface area (Å²) in [5.74, 6) is 0.749.